The lowest BCUT2D eigenvalue weighted by Crippen LogP contribution is -2.37. The van der Waals surface area contributed by atoms with Gasteiger partial charge in [0.15, 0.2) is 12.2 Å². The number of amides is 1. The minimum atomic E-state index is -0.325. The standard InChI is InChI=1S/C27H33N3O4/c1-17(2)20-8-7-9-21(18(3)4)25(20)29-24(31)16-33-26(32)19-12-14-30(15-13-19)27-28-22-10-5-6-11-23(22)34-27/h5-11,17-19H,12-16H2,1-4H3,(H,29,31). The van der Waals surface area contributed by atoms with Crippen LogP contribution in [-0.2, 0) is 14.3 Å². The molecule has 1 N–H and O–H groups in total. The molecular formula is C27H33N3O4. The summed E-state index contributed by atoms with van der Waals surface area (Å²) in [6.45, 7) is 9.42. The number of nitrogens with one attached hydrogen (secondary N) is 1. The maximum Gasteiger partial charge on any atom is 0.309 e. The van der Waals surface area contributed by atoms with Crippen LogP contribution >= 0.6 is 0 Å². The number of benzene rings is 2. The molecule has 1 fully saturated rings. The summed E-state index contributed by atoms with van der Waals surface area (Å²) in [5, 5.41) is 3.00. The molecule has 1 aromatic heterocycles. The Hall–Kier alpha value is -3.35. The maximum absolute atomic E-state index is 12.7. The number of carbonyl (C=O) groups excluding carboxylic acids is 2. The van der Waals surface area contributed by atoms with Crippen molar-refractivity contribution < 1.29 is 18.7 Å². The molecule has 34 heavy (non-hydrogen) atoms. The summed E-state index contributed by atoms with van der Waals surface area (Å²) in [6, 6.07) is 14.3. The summed E-state index contributed by atoms with van der Waals surface area (Å²) >= 11 is 0. The van der Waals surface area contributed by atoms with Crippen LogP contribution in [0.15, 0.2) is 46.9 Å². The van der Waals surface area contributed by atoms with Crippen LogP contribution in [0.3, 0.4) is 0 Å². The number of fused-ring (bicyclic) bond motifs is 1. The molecule has 7 nitrogen and oxygen atoms in total. The number of anilines is 2. The normalized spacial score (nSPS) is 14.7. The Morgan fingerprint density at radius 2 is 1.68 bits per heavy atom. The van der Waals surface area contributed by atoms with Gasteiger partial charge in [0.05, 0.1) is 5.92 Å². The molecule has 1 saturated heterocycles. The molecule has 2 aromatic carbocycles. The van der Waals surface area contributed by atoms with Crippen LogP contribution in [0.5, 0.6) is 0 Å². The fourth-order valence-corrected chi connectivity index (χ4v) is 4.43. The minimum Gasteiger partial charge on any atom is -0.455 e. The van der Waals surface area contributed by atoms with Gasteiger partial charge in [0, 0.05) is 18.8 Å². The Morgan fingerprint density at radius 1 is 1.03 bits per heavy atom. The number of ether oxygens (including phenoxy) is 1. The van der Waals surface area contributed by atoms with Gasteiger partial charge in [-0.05, 0) is 47.9 Å². The number of para-hydroxylation sites is 3. The number of aromatic nitrogens is 1. The van der Waals surface area contributed by atoms with Gasteiger partial charge in [-0.2, -0.15) is 4.98 Å². The van der Waals surface area contributed by atoms with E-state index in [1.54, 1.807) is 0 Å². The molecule has 0 unspecified atom stereocenters. The zero-order chi connectivity index (χ0) is 24.2. The molecule has 0 aliphatic carbocycles. The molecular weight excluding hydrogens is 430 g/mol. The highest BCUT2D eigenvalue weighted by Crippen LogP contribution is 2.32. The Morgan fingerprint density at radius 3 is 2.29 bits per heavy atom. The fourth-order valence-electron chi connectivity index (χ4n) is 4.43. The monoisotopic (exact) mass is 463 g/mol. The van der Waals surface area contributed by atoms with E-state index in [1.165, 1.54) is 0 Å². The second-order valence-corrected chi connectivity index (χ2v) is 9.50. The van der Waals surface area contributed by atoms with E-state index in [-0.39, 0.29) is 36.2 Å². The molecule has 1 aliphatic rings. The Kier molecular flexibility index (Phi) is 7.20. The fraction of sp³-hybridized carbons (Fsp3) is 0.444. The quantitative estimate of drug-likeness (QED) is 0.468. The van der Waals surface area contributed by atoms with Crippen LogP contribution in [0.1, 0.15) is 63.5 Å². The van der Waals surface area contributed by atoms with Gasteiger partial charge in [0.1, 0.15) is 5.52 Å². The molecule has 7 heteroatoms. The highest BCUT2D eigenvalue weighted by molar-refractivity contribution is 5.94. The highest BCUT2D eigenvalue weighted by Gasteiger charge is 2.29. The zero-order valence-electron chi connectivity index (χ0n) is 20.3. The van der Waals surface area contributed by atoms with Gasteiger partial charge in [-0.1, -0.05) is 58.0 Å². The molecule has 0 atom stereocenters. The van der Waals surface area contributed by atoms with E-state index >= 15 is 0 Å². The van der Waals surface area contributed by atoms with Gasteiger partial charge in [0.2, 0.25) is 0 Å². The van der Waals surface area contributed by atoms with Crippen LogP contribution in [0.25, 0.3) is 11.1 Å². The molecule has 180 valence electrons. The predicted octanol–water partition coefficient (Wildman–Crippen LogP) is 5.47. The number of piperidine rings is 1. The number of carbonyl (C=O) groups is 2. The van der Waals surface area contributed by atoms with Crippen LogP contribution in [0, 0.1) is 5.92 Å². The van der Waals surface area contributed by atoms with E-state index in [1.807, 2.05) is 47.4 Å². The summed E-state index contributed by atoms with van der Waals surface area (Å²) in [6.07, 6.45) is 1.26. The first-order chi connectivity index (χ1) is 16.3. The van der Waals surface area contributed by atoms with E-state index < -0.39 is 0 Å². The molecule has 3 aromatic rings. The Balaban J connectivity index is 1.30. The van der Waals surface area contributed by atoms with Gasteiger partial charge in [-0.3, -0.25) is 9.59 Å². The van der Waals surface area contributed by atoms with Gasteiger partial charge < -0.3 is 19.4 Å². The number of esters is 1. The zero-order valence-corrected chi connectivity index (χ0v) is 20.3. The van der Waals surface area contributed by atoms with E-state index in [0.717, 1.165) is 27.9 Å². The van der Waals surface area contributed by atoms with Crippen LogP contribution in [0.4, 0.5) is 11.7 Å². The number of hydrogen-bond donors (Lipinski definition) is 1. The molecule has 2 heterocycles. The molecule has 0 radical (unpaired) electrons. The molecule has 0 bridgehead atoms. The lowest BCUT2D eigenvalue weighted by molar-refractivity contribution is -0.152. The number of rotatable bonds is 7. The first-order valence-electron chi connectivity index (χ1n) is 12.0. The highest BCUT2D eigenvalue weighted by atomic mass is 16.5. The van der Waals surface area contributed by atoms with Crippen molar-refractivity contribution in [2.75, 3.05) is 29.9 Å². The molecule has 0 saturated carbocycles. The summed E-state index contributed by atoms with van der Waals surface area (Å²) in [4.78, 5) is 31.9. The smallest absolute Gasteiger partial charge is 0.309 e. The van der Waals surface area contributed by atoms with Gasteiger partial charge in [0.25, 0.3) is 11.9 Å². The Bertz CT molecular complexity index is 1100. The summed E-state index contributed by atoms with van der Waals surface area (Å²) in [5.74, 6) is -0.339. The first kappa shape index (κ1) is 23.8. The third kappa shape index (κ3) is 5.24. The van der Waals surface area contributed by atoms with Crippen molar-refractivity contribution in [2.45, 2.75) is 52.4 Å². The SMILES string of the molecule is CC(C)c1cccc(C(C)C)c1NC(=O)COC(=O)C1CCN(c2nc3ccccc3o2)CC1. The molecule has 4 rings (SSSR count). The van der Waals surface area contributed by atoms with Crippen molar-refractivity contribution in [3.63, 3.8) is 0 Å². The first-order valence-corrected chi connectivity index (χ1v) is 12.0. The summed E-state index contributed by atoms with van der Waals surface area (Å²) < 4.78 is 11.2. The van der Waals surface area contributed by atoms with E-state index in [0.29, 0.717) is 31.9 Å². The molecule has 0 spiro atoms. The number of oxazole rings is 1. The summed E-state index contributed by atoms with van der Waals surface area (Å²) in [7, 11) is 0. The van der Waals surface area contributed by atoms with Crippen molar-refractivity contribution in [2.24, 2.45) is 5.92 Å². The van der Waals surface area contributed by atoms with E-state index in [4.69, 9.17) is 9.15 Å². The average Bonchev–Trinajstić information content (AvgIpc) is 3.27. The summed E-state index contributed by atoms with van der Waals surface area (Å²) in [5.41, 5.74) is 4.57. The molecule has 1 amide bonds. The van der Waals surface area contributed by atoms with E-state index in [9.17, 15) is 9.59 Å². The lowest BCUT2D eigenvalue weighted by atomic mass is 9.92. The third-order valence-electron chi connectivity index (χ3n) is 6.36. The Labute approximate surface area is 200 Å². The second-order valence-electron chi connectivity index (χ2n) is 9.50. The maximum atomic E-state index is 12.7. The number of hydrogen-bond acceptors (Lipinski definition) is 6. The van der Waals surface area contributed by atoms with Crippen molar-refractivity contribution in [3.05, 3.63) is 53.6 Å². The predicted molar refractivity (Wildman–Crippen MR) is 133 cm³/mol. The van der Waals surface area contributed by atoms with Crippen molar-refractivity contribution in [3.8, 4) is 0 Å². The van der Waals surface area contributed by atoms with Crippen LogP contribution in [-0.4, -0.2) is 36.6 Å². The topological polar surface area (TPSA) is 84.7 Å². The van der Waals surface area contributed by atoms with Crippen LogP contribution in [0.2, 0.25) is 0 Å². The van der Waals surface area contributed by atoms with Gasteiger partial charge in [-0.25, -0.2) is 0 Å². The lowest BCUT2D eigenvalue weighted by Gasteiger charge is -2.29. The third-order valence-corrected chi connectivity index (χ3v) is 6.36. The van der Waals surface area contributed by atoms with E-state index in [2.05, 4.69) is 38.0 Å². The van der Waals surface area contributed by atoms with Crippen molar-refractivity contribution in [1.82, 2.24) is 4.98 Å². The largest absolute Gasteiger partial charge is 0.455 e. The second kappa shape index (κ2) is 10.3. The van der Waals surface area contributed by atoms with Crippen molar-refractivity contribution >= 4 is 34.7 Å². The van der Waals surface area contributed by atoms with Crippen LogP contribution < -0.4 is 10.2 Å². The van der Waals surface area contributed by atoms with Gasteiger partial charge in [-0.15, -0.1) is 0 Å². The molecule has 1 aliphatic heterocycles. The minimum absolute atomic E-state index is 0.234. The van der Waals surface area contributed by atoms with Crippen molar-refractivity contribution in [1.29, 1.82) is 0 Å². The average molecular weight is 464 g/mol. The number of nitrogens with zero attached hydrogens (tertiary/aromatic N) is 2. The van der Waals surface area contributed by atoms with Gasteiger partial charge >= 0.3 is 5.97 Å².